The van der Waals surface area contributed by atoms with E-state index in [2.05, 4.69) is 10.2 Å². The second-order valence-corrected chi connectivity index (χ2v) is 8.75. The molecule has 0 radical (unpaired) electrons. The van der Waals surface area contributed by atoms with Gasteiger partial charge in [0.2, 0.25) is 0 Å². The summed E-state index contributed by atoms with van der Waals surface area (Å²) in [5.41, 5.74) is 1.92. The minimum absolute atomic E-state index is 0.0443. The van der Waals surface area contributed by atoms with Gasteiger partial charge >= 0.3 is 0 Å². The highest BCUT2D eigenvalue weighted by Gasteiger charge is 2.44. The van der Waals surface area contributed by atoms with Gasteiger partial charge in [0.05, 0.1) is 30.2 Å². The maximum Gasteiger partial charge on any atom is 0.257 e. The van der Waals surface area contributed by atoms with E-state index in [0.717, 1.165) is 24.1 Å². The highest BCUT2D eigenvalue weighted by molar-refractivity contribution is 5.95. The van der Waals surface area contributed by atoms with Crippen molar-refractivity contribution in [1.29, 1.82) is 0 Å². The Balaban J connectivity index is 1.54. The van der Waals surface area contributed by atoms with E-state index in [1.807, 2.05) is 30.3 Å². The van der Waals surface area contributed by atoms with Gasteiger partial charge in [-0.05, 0) is 31.2 Å². The third-order valence-corrected chi connectivity index (χ3v) is 6.80. The van der Waals surface area contributed by atoms with Gasteiger partial charge in [-0.15, -0.1) is 0 Å². The largest absolute Gasteiger partial charge is 0.396 e. The Labute approximate surface area is 171 Å². The molecule has 156 valence electrons. The van der Waals surface area contributed by atoms with Gasteiger partial charge < -0.3 is 15.1 Å². The molecular weight excluding hydrogens is 366 g/mol. The molecule has 0 bridgehead atoms. The number of piperidine rings is 1. The fourth-order valence-electron chi connectivity index (χ4n) is 5.05. The number of carbonyl (C=O) groups is 1. The van der Waals surface area contributed by atoms with Crippen molar-refractivity contribution in [3.05, 3.63) is 53.3 Å². The lowest BCUT2D eigenvalue weighted by Gasteiger charge is -2.45. The van der Waals surface area contributed by atoms with E-state index in [1.54, 1.807) is 11.1 Å². The first-order chi connectivity index (χ1) is 14.1. The van der Waals surface area contributed by atoms with E-state index in [9.17, 15) is 15.0 Å². The van der Waals surface area contributed by atoms with Gasteiger partial charge in [-0.25, -0.2) is 0 Å². The topological polar surface area (TPSA) is 89.5 Å². The lowest BCUT2D eigenvalue weighted by Crippen LogP contribution is -2.56. The molecule has 4 rings (SSSR count). The smallest absolute Gasteiger partial charge is 0.257 e. The summed E-state index contributed by atoms with van der Waals surface area (Å²) in [6.45, 7) is 0.674. The van der Waals surface area contributed by atoms with Crippen molar-refractivity contribution in [2.45, 2.75) is 57.0 Å². The van der Waals surface area contributed by atoms with Gasteiger partial charge in [-0.2, -0.15) is 5.10 Å². The number of aromatic nitrogens is 2. The molecule has 3 N–H and O–H groups in total. The number of hydrogen-bond donors (Lipinski definition) is 3. The molecule has 2 aliphatic rings. The van der Waals surface area contributed by atoms with Crippen molar-refractivity contribution in [2.24, 2.45) is 5.41 Å². The van der Waals surface area contributed by atoms with Crippen LogP contribution in [0.3, 0.4) is 0 Å². The minimum atomic E-state index is -0.746. The standard InChI is InChI=1S/C23H31N3O3/c27-16-23(13-17-7-3-1-4-8-17)15-26(12-11-20(23)28)22(29)19-14-24-25-21(19)18-9-5-2-6-10-18/h1,3-4,7-8,14,18,20,27-28H,2,5-6,9-13,15-16H2,(H,24,25)/t20-,23+/m1/s1. The SMILES string of the molecule is O=C(c1cn[nH]c1C1CCCCC1)N1CC[C@@H](O)[C@@](CO)(Cc2ccccc2)C1. The van der Waals surface area contributed by atoms with Crippen molar-refractivity contribution in [1.82, 2.24) is 15.1 Å². The molecular formula is C23H31N3O3. The zero-order chi connectivity index (χ0) is 20.3. The lowest BCUT2D eigenvalue weighted by atomic mass is 9.73. The fourth-order valence-corrected chi connectivity index (χ4v) is 5.05. The Bertz CT molecular complexity index is 816. The highest BCUT2D eigenvalue weighted by Crippen LogP contribution is 2.36. The summed E-state index contributed by atoms with van der Waals surface area (Å²) in [6.07, 6.45) is 7.85. The van der Waals surface area contributed by atoms with Crippen LogP contribution in [0.4, 0.5) is 0 Å². The van der Waals surface area contributed by atoms with Crippen LogP contribution < -0.4 is 0 Å². The first-order valence-electron chi connectivity index (χ1n) is 10.8. The number of nitrogens with one attached hydrogen (secondary N) is 1. The van der Waals surface area contributed by atoms with E-state index < -0.39 is 11.5 Å². The third kappa shape index (κ3) is 4.09. The molecule has 1 saturated carbocycles. The Morgan fingerprint density at radius 3 is 2.66 bits per heavy atom. The molecule has 1 saturated heterocycles. The van der Waals surface area contributed by atoms with Crippen LogP contribution in [0.5, 0.6) is 0 Å². The second kappa shape index (κ2) is 8.67. The maximum absolute atomic E-state index is 13.4. The van der Waals surface area contributed by atoms with Crippen LogP contribution in [-0.4, -0.2) is 57.0 Å². The van der Waals surface area contributed by atoms with Gasteiger partial charge in [0, 0.05) is 24.4 Å². The number of benzene rings is 1. The van der Waals surface area contributed by atoms with Crippen LogP contribution in [0.1, 0.15) is 66.1 Å². The van der Waals surface area contributed by atoms with Gasteiger partial charge in [0.1, 0.15) is 0 Å². The van der Waals surface area contributed by atoms with Crippen molar-refractivity contribution in [3.8, 4) is 0 Å². The van der Waals surface area contributed by atoms with E-state index >= 15 is 0 Å². The minimum Gasteiger partial charge on any atom is -0.396 e. The Morgan fingerprint density at radius 2 is 1.93 bits per heavy atom. The second-order valence-electron chi connectivity index (χ2n) is 8.75. The van der Waals surface area contributed by atoms with Gasteiger partial charge in [-0.1, -0.05) is 49.6 Å². The molecule has 1 amide bonds. The van der Waals surface area contributed by atoms with E-state index in [4.69, 9.17) is 0 Å². The number of nitrogens with zero attached hydrogens (tertiary/aromatic N) is 2. The molecule has 2 fully saturated rings. The van der Waals surface area contributed by atoms with Crippen molar-refractivity contribution in [3.63, 3.8) is 0 Å². The van der Waals surface area contributed by atoms with Crippen LogP contribution in [0.25, 0.3) is 0 Å². The van der Waals surface area contributed by atoms with Gasteiger partial charge in [0.15, 0.2) is 0 Å². The normalized spacial score (nSPS) is 25.9. The van der Waals surface area contributed by atoms with Crippen LogP contribution in [0, 0.1) is 5.41 Å². The molecule has 29 heavy (non-hydrogen) atoms. The predicted molar refractivity (Wildman–Crippen MR) is 111 cm³/mol. The first-order valence-corrected chi connectivity index (χ1v) is 10.8. The number of carbonyl (C=O) groups excluding carboxylic acids is 1. The fraction of sp³-hybridized carbons (Fsp3) is 0.565. The van der Waals surface area contributed by atoms with Crippen molar-refractivity contribution in [2.75, 3.05) is 19.7 Å². The van der Waals surface area contributed by atoms with Gasteiger partial charge in [-0.3, -0.25) is 9.89 Å². The summed E-state index contributed by atoms with van der Waals surface area (Å²) in [6, 6.07) is 9.87. The lowest BCUT2D eigenvalue weighted by molar-refractivity contribution is -0.0669. The maximum atomic E-state index is 13.4. The third-order valence-electron chi connectivity index (χ3n) is 6.80. The Morgan fingerprint density at radius 1 is 1.17 bits per heavy atom. The molecule has 6 heteroatoms. The summed E-state index contributed by atoms with van der Waals surface area (Å²) in [5.74, 6) is 0.324. The Hall–Kier alpha value is -2.18. The summed E-state index contributed by atoms with van der Waals surface area (Å²) in [5, 5.41) is 28.3. The average molecular weight is 398 g/mol. The zero-order valence-electron chi connectivity index (χ0n) is 16.9. The molecule has 6 nitrogen and oxygen atoms in total. The number of rotatable bonds is 5. The zero-order valence-corrected chi connectivity index (χ0v) is 16.9. The summed E-state index contributed by atoms with van der Waals surface area (Å²) in [4.78, 5) is 15.2. The molecule has 1 aliphatic heterocycles. The molecule has 0 spiro atoms. The number of aliphatic hydroxyl groups is 2. The van der Waals surface area contributed by atoms with E-state index in [-0.39, 0.29) is 12.5 Å². The Kier molecular flexibility index (Phi) is 6.01. The quantitative estimate of drug-likeness (QED) is 0.724. The van der Waals surface area contributed by atoms with Crippen LogP contribution in [0.15, 0.2) is 36.5 Å². The monoisotopic (exact) mass is 397 g/mol. The molecule has 2 aromatic rings. The molecule has 1 aromatic carbocycles. The van der Waals surface area contributed by atoms with Gasteiger partial charge in [0.25, 0.3) is 5.91 Å². The summed E-state index contributed by atoms with van der Waals surface area (Å²) in [7, 11) is 0. The molecule has 0 unspecified atom stereocenters. The van der Waals surface area contributed by atoms with Crippen LogP contribution in [0.2, 0.25) is 0 Å². The molecule has 2 atom stereocenters. The van der Waals surface area contributed by atoms with E-state index in [0.29, 0.717) is 37.4 Å². The van der Waals surface area contributed by atoms with E-state index in [1.165, 1.54) is 19.3 Å². The summed E-state index contributed by atoms with van der Waals surface area (Å²) < 4.78 is 0. The molecule has 1 aliphatic carbocycles. The average Bonchev–Trinajstić information content (AvgIpc) is 3.26. The first kappa shape index (κ1) is 20.1. The van der Waals surface area contributed by atoms with Crippen LogP contribution >= 0.6 is 0 Å². The highest BCUT2D eigenvalue weighted by atomic mass is 16.3. The number of H-pyrrole nitrogens is 1. The van der Waals surface area contributed by atoms with Crippen molar-refractivity contribution < 1.29 is 15.0 Å². The summed E-state index contributed by atoms with van der Waals surface area (Å²) >= 11 is 0. The predicted octanol–water partition coefficient (Wildman–Crippen LogP) is 2.89. The molecule has 1 aromatic heterocycles. The number of amides is 1. The van der Waals surface area contributed by atoms with Crippen LogP contribution in [-0.2, 0) is 6.42 Å². The number of hydrogen-bond acceptors (Lipinski definition) is 4. The van der Waals surface area contributed by atoms with Crippen molar-refractivity contribution >= 4 is 5.91 Å². The number of aromatic amines is 1. The number of likely N-dealkylation sites (tertiary alicyclic amines) is 1. The number of aliphatic hydroxyl groups excluding tert-OH is 2. The molecule has 2 heterocycles.